The van der Waals surface area contributed by atoms with Gasteiger partial charge in [0.2, 0.25) is 0 Å². The van der Waals surface area contributed by atoms with Crippen LogP contribution >= 0.6 is 0 Å². The van der Waals surface area contributed by atoms with Crippen molar-refractivity contribution in [2.45, 2.75) is 18.9 Å². The van der Waals surface area contributed by atoms with Crippen LogP contribution in [0.1, 0.15) is 23.2 Å². The molecule has 1 aliphatic rings. The number of hydrogen-bond donors (Lipinski definition) is 0. The Hall–Kier alpha value is -2.89. The minimum absolute atomic E-state index is 0.0227. The summed E-state index contributed by atoms with van der Waals surface area (Å²) in [5, 5.41) is 4.22. The molecule has 3 heterocycles. The lowest BCUT2D eigenvalue weighted by molar-refractivity contribution is 0.0715. The Bertz CT molecular complexity index is 868. The number of benzene rings is 1. The second-order valence-corrected chi connectivity index (χ2v) is 6.42. The van der Waals surface area contributed by atoms with Gasteiger partial charge in [-0.1, -0.05) is 18.2 Å². The molecule has 128 valence electrons. The van der Waals surface area contributed by atoms with Crippen molar-refractivity contribution in [3.8, 4) is 0 Å². The SMILES string of the molecule is CN(c1ccccc1)C1CCN(C(=O)c2cnn3cccnc23)CC1. The maximum Gasteiger partial charge on any atom is 0.259 e. The smallest absolute Gasteiger partial charge is 0.259 e. The molecule has 2 aromatic heterocycles. The summed E-state index contributed by atoms with van der Waals surface area (Å²) in [6.45, 7) is 1.51. The topological polar surface area (TPSA) is 53.7 Å². The van der Waals surface area contributed by atoms with Gasteiger partial charge in [-0.3, -0.25) is 4.79 Å². The maximum absolute atomic E-state index is 12.8. The number of carbonyl (C=O) groups is 1. The van der Waals surface area contributed by atoms with Gasteiger partial charge in [0, 0.05) is 44.3 Å². The molecule has 0 radical (unpaired) electrons. The van der Waals surface area contributed by atoms with E-state index in [2.05, 4.69) is 46.3 Å². The molecular formula is C19H21N5O. The first-order chi connectivity index (χ1) is 12.2. The van der Waals surface area contributed by atoms with E-state index in [-0.39, 0.29) is 5.91 Å². The third-order valence-corrected chi connectivity index (χ3v) is 4.97. The fourth-order valence-electron chi connectivity index (χ4n) is 3.48. The van der Waals surface area contributed by atoms with Crippen LogP contribution in [0.25, 0.3) is 5.65 Å². The van der Waals surface area contributed by atoms with Gasteiger partial charge in [-0.15, -0.1) is 0 Å². The molecule has 6 heteroatoms. The van der Waals surface area contributed by atoms with E-state index < -0.39 is 0 Å². The van der Waals surface area contributed by atoms with Crippen molar-refractivity contribution in [2.24, 2.45) is 0 Å². The van der Waals surface area contributed by atoms with Crippen molar-refractivity contribution in [3.05, 3.63) is 60.6 Å². The number of anilines is 1. The predicted octanol–water partition coefficient (Wildman–Crippen LogP) is 2.47. The number of nitrogens with zero attached hydrogens (tertiary/aromatic N) is 5. The highest BCUT2D eigenvalue weighted by Crippen LogP contribution is 2.23. The van der Waals surface area contributed by atoms with E-state index in [4.69, 9.17) is 0 Å². The third-order valence-electron chi connectivity index (χ3n) is 4.97. The summed E-state index contributed by atoms with van der Waals surface area (Å²) in [6, 6.07) is 12.7. The molecule has 3 aromatic rings. The van der Waals surface area contributed by atoms with Crippen molar-refractivity contribution < 1.29 is 4.79 Å². The van der Waals surface area contributed by atoms with E-state index in [0.717, 1.165) is 25.9 Å². The van der Waals surface area contributed by atoms with E-state index in [9.17, 15) is 4.79 Å². The number of likely N-dealkylation sites (tertiary alicyclic amines) is 1. The molecule has 25 heavy (non-hydrogen) atoms. The van der Waals surface area contributed by atoms with E-state index >= 15 is 0 Å². The van der Waals surface area contributed by atoms with Crippen molar-refractivity contribution in [1.82, 2.24) is 19.5 Å². The molecule has 1 saturated heterocycles. The molecule has 0 saturated carbocycles. The number of rotatable bonds is 3. The standard InChI is InChI=1S/C19H21N5O/c1-22(15-6-3-2-4-7-15)16-8-12-23(13-9-16)19(25)17-14-21-24-11-5-10-20-18(17)24/h2-7,10-11,14,16H,8-9,12-13H2,1H3. The Kier molecular flexibility index (Phi) is 4.09. The van der Waals surface area contributed by atoms with Crippen LogP contribution in [0.4, 0.5) is 5.69 Å². The molecule has 0 bridgehead atoms. The van der Waals surface area contributed by atoms with Gasteiger partial charge in [-0.2, -0.15) is 5.10 Å². The van der Waals surface area contributed by atoms with E-state index in [0.29, 0.717) is 17.3 Å². The minimum atomic E-state index is 0.0227. The Labute approximate surface area is 146 Å². The molecule has 1 fully saturated rings. The zero-order valence-electron chi connectivity index (χ0n) is 14.2. The van der Waals surface area contributed by atoms with Gasteiger partial charge in [0.1, 0.15) is 5.56 Å². The van der Waals surface area contributed by atoms with E-state index in [1.165, 1.54) is 5.69 Å². The highest BCUT2D eigenvalue weighted by atomic mass is 16.2. The number of hydrogen-bond acceptors (Lipinski definition) is 4. The summed E-state index contributed by atoms with van der Waals surface area (Å²) < 4.78 is 1.64. The monoisotopic (exact) mass is 335 g/mol. The third kappa shape index (κ3) is 2.95. The van der Waals surface area contributed by atoms with Crippen LogP contribution in [-0.2, 0) is 0 Å². The Morgan fingerprint density at radius 3 is 2.68 bits per heavy atom. The number of carbonyl (C=O) groups excluding carboxylic acids is 1. The molecule has 1 aromatic carbocycles. The van der Waals surface area contributed by atoms with Gasteiger partial charge in [0.25, 0.3) is 5.91 Å². The van der Waals surface area contributed by atoms with Gasteiger partial charge >= 0.3 is 0 Å². The van der Waals surface area contributed by atoms with Gasteiger partial charge in [-0.05, 0) is 31.0 Å². The van der Waals surface area contributed by atoms with E-state index in [1.54, 1.807) is 29.2 Å². The lowest BCUT2D eigenvalue weighted by Crippen LogP contribution is -2.45. The number of aromatic nitrogens is 3. The largest absolute Gasteiger partial charge is 0.371 e. The fraction of sp³-hybridized carbons (Fsp3) is 0.316. The first-order valence-corrected chi connectivity index (χ1v) is 8.59. The fourth-order valence-corrected chi connectivity index (χ4v) is 3.48. The lowest BCUT2D eigenvalue weighted by atomic mass is 10.0. The van der Waals surface area contributed by atoms with Gasteiger partial charge in [0.15, 0.2) is 5.65 Å². The van der Waals surface area contributed by atoms with Crippen LogP contribution in [0.2, 0.25) is 0 Å². The van der Waals surface area contributed by atoms with Crippen LogP contribution in [0.5, 0.6) is 0 Å². The quantitative estimate of drug-likeness (QED) is 0.738. The molecule has 1 aliphatic heterocycles. The second kappa shape index (κ2) is 6.55. The van der Waals surface area contributed by atoms with Crippen molar-refractivity contribution >= 4 is 17.2 Å². The molecule has 0 N–H and O–H groups in total. The predicted molar refractivity (Wildman–Crippen MR) is 96.8 cm³/mol. The first kappa shape index (κ1) is 15.6. The Balaban J connectivity index is 1.44. The molecule has 0 aliphatic carbocycles. The van der Waals surface area contributed by atoms with Crippen LogP contribution in [0, 0.1) is 0 Å². The number of amides is 1. The van der Waals surface area contributed by atoms with Crippen LogP contribution in [0.3, 0.4) is 0 Å². The second-order valence-electron chi connectivity index (χ2n) is 6.42. The molecule has 0 atom stereocenters. The highest BCUT2D eigenvalue weighted by Gasteiger charge is 2.27. The molecule has 0 spiro atoms. The van der Waals surface area contributed by atoms with Gasteiger partial charge in [0.05, 0.1) is 6.20 Å². The Morgan fingerprint density at radius 2 is 1.92 bits per heavy atom. The normalized spacial score (nSPS) is 15.5. The lowest BCUT2D eigenvalue weighted by Gasteiger charge is -2.37. The van der Waals surface area contributed by atoms with Gasteiger partial charge in [-0.25, -0.2) is 9.50 Å². The van der Waals surface area contributed by atoms with Crippen molar-refractivity contribution in [2.75, 3.05) is 25.0 Å². The van der Waals surface area contributed by atoms with Crippen LogP contribution in [-0.4, -0.2) is 51.6 Å². The average Bonchev–Trinajstić information content (AvgIpc) is 3.12. The summed E-state index contributed by atoms with van der Waals surface area (Å²) in [5.74, 6) is 0.0227. The zero-order chi connectivity index (χ0) is 17.2. The highest BCUT2D eigenvalue weighted by molar-refractivity contribution is 5.99. The summed E-state index contributed by atoms with van der Waals surface area (Å²) in [6.07, 6.45) is 7.04. The average molecular weight is 335 g/mol. The zero-order valence-corrected chi connectivity index (χ0v) is 14.2. The molecule has 0 unspecified atom stereocenters. The number of para-hydroxylation sites is 1. The van der Waals surface area contributed by atoms with Crippen molar-refractivity contribution in [3.63, 3.8) is 0 Å². The summed E-state index contributed by atoms with van der Waals surface area (Å²) in [7, 11) is 2.13. The van der Waals surface area contributed by atoms with E-state index in [1.807, 2.05) is 11.0 Å². The summed E-state index contributed by atoms with van der Waals surface area (Å²) in [5.41, 5.74) is 2.42. The maximum atomic E-state index is 12.8. The first-order valence-electron chi connectivity index (χ1n) is 8.59. The van der Waals surface area contributed by atoms with Crippen LogP contribution < -0.4 is 4.90 Å². The molecule has 6 nitrogen and oxygen atoms in total. The number of piperidine rings is 1. The summed E-state index contributed by atoms with van der Waals surface area (Å²) in [4.78, 5) is 21.4. The number of fused-ring (bicyclic) bond motifs is 1. The van der Waals surface area contributed by atoms with Crippen LogP contribution in [0.15, 0.2) is 55.0 Å². The molecule has 4 rings (SSSR count). The molecule has 1 amide bonds. The molecular weight excluding hydrogens is 314 g/mol. The summed E-state index contributed by atoms with van der Waals surface area (Å²) >= 11 is 0. The van der Waals surface area contributed by atoms with Crippen molar-refractivity contribution in [1.29, 1.82) is 0 Å². The Morgan fingerprint density at radius 1 is 1.16 bits per heavy atom. The van der Waals surface area contributed by atoms with Gasteiger partial charge < -0.3 is 9.80 Å². The minimum Gasteiger partial charge on any atom is -0.371 e.